The van der Waals surface area contributed by atoms with Crippen molar-refractivity contribution in [1.82, 2.24) is 5.32 Å². The van der Waals surface area contributed by atoms with Gasteiger partial charge in [0.2, 0.25) is 5.91 Å². The van der Waals surface area contributed by atoms with Gasteiger partial charge in [0.1, 0.15) is 0 Å². The summed E-state index contributed by atoms with van der Waals surface area (Å²) in [5.74, 6) is -0.891. The number of rotatable bonds is 8. The summed E-state index contributed by atoms with van der Waals surface area (Å²) in [6.45, 7) is 3.69. The predicted molar refractivity (Wildman–Crippen MR) is 104 cm³/mol. The van der Waals surface area contributed by atoms with Crippen LogP contribution in [0.5, 0.6) is 0 Å². The molecule has 0 aliphatic heterocycles. The van der Waals surface area contributed by atoms with Crippen molar-refractivity contribution < 1.29 is 19.1 Å². The first-order valence-corrected chi connectivity index (χ1v) is 8.72. The van der Waals surface area contributed by atoms with Crippen LogP contribution in [0.2, 0.25) is 0 Å². The van der Waals surface area contributed by atoms with Crippen LogP contribution < -0.4 is 5.32 Å². The van der Waals surface area contributed by atoms with E-state index in [0.717, 1.165) is 16.7 Å². The average molecular weight is 365 g/mol. The molecule has 0 unspecified atom stereocenters. The van der Waals surface area contributed by atoms with Gasteiger partial charge >= 0.3 is 5.97 Å². The zero-order chi connectivity index (χ0) is 19.6. The predicted octanol–water partition coefficient (Wildman–Crippen LogP) is 3.11. The van der Waals surface area contributed by atoms with Crippen molar-refractivity contribution in [1.29, 1.82) is 0 Å². The number of aryl methyl sites for hydroxylation is 1. The van der Waals surface area contributed by atoms with Crippen molar-refractivity contribution >= 4 is 23.7 Å². The number of nitrogens with one attached hydrogen (secondary N) is 1. The van der Waals surface area contributed by atoms with Gasteiger partial charge in [-0.15, -0.1) is 0 Å². The number of hydrogen-bond donors (Lipinski definition) is 1. The van der Waals surface area contributed by atoms with Crippen LogP contribution in [0.4, 0.5) is 0 Å². The van der Waals surface area contributed by atoms with Gasteiger partial charge in [0.15, 0.2) is 12.4 Å². The van der Waals surface area contributed by atoms with Crippen molar-refractivity contribution in [2.24, 2.45) is 0 Å². The zero-order valence-electron chi connectivity index (χ0n) is 15.5. The molecule has 0 aromatic heterocycles. The molecule has 0 aliphatic rings. The first kappa shape index (κ1) is 20.1. The molecule has 1 amide bonds. The lowest BCUT2D eigenvalue weighted by Crippen LogP contribution is -2.22. The summed E-state index contributed by atoms with van der Waals surface area (Å²) in [5, 5.41) is 2.72. The Labute approximate surface area is 159 Å². The third-order valence-corrected chi connectivity index (χ3v) is 3.86. The van der Waals surface area contributed by atoms with E-state index in [-0.39, 0.29) is 18.3 Å². The first-order valence-electron chi connectivity index (χ1n) is 8.72. The molecule has 1 N–H and O–H groups in total. The second-order valence-corrected chi connectivity index (χ2v) is 6.21. The molecule has 5 heteroatoms. The lowest BCUT2D eigenvalue weighted by molar-refractivity contribution is -0.136. The summed E-state index contributed by atoms with van der Waals surface area (Å²) in [7, 11) is 0. The van der Waals surface area contributed by atoms with E-state index in [9.17, 15) is 14.4 Å². The largest absolute Gasteiger partial charge is 0.454 e. The number of carbonyl (C=O) groups is 3. The molecule has 0 heterocycles. The molecular weight excluding hydrogens is 342 g/mol. The van der Waals surface area contributed by atoms with Gasteiger partial charge in [-0.05, 0) is 30.5 Å². The highest BCUT2D eigenvalue weighted by molar-refractivity contribution is 5.98. The molecule has 0 aliphatic carbocycles. The van der Waals surface area contributed by atoms with Crippen LogP contribution in [-0.4, -0.2) is 30.8 Å². The normalized spacial score (nSPS) is 10.6. The monoisotopic (exact) mass is 365 g/mol. The third kappa shape index (κ3) is 7.28. The smallest absolute Gasteiger partial charge is 0.331 e. The summed E-state index contributed by atoms with van der Waals surface area (Å²) in [6.07, 6.45) is 3.66. The van der Waals surface area contributed by atoms with Crippen molar-refractivity contribution in [3.05, 3.63) is 76.9 Å². The van der Waals surface area contributed by atoms with Crippen molar-refractivity contribution in [3.63, 3.8) is 0 Å². The van der Waals surface area contributed by atoms with E-state index in [4.69, 9.17) is 4.74 Å². The summed E-state index contributed by atoms with van der Waals surface area (Å²) >= 11 is 0. The fourth-order valence-corrected chi connectivity index (χ4v) is 2.45. The van der Waals surface area contributed by atoms with Crippen LogP contribution in [-0.2, 0) is 20.7 Å². The SMILES string of the molecule is CC(=O)NCCc1ccc(C(=O)COC(=O)/C=C/c2cccc(C)c2)cc1. The van der Waals surface area contributed by atoms with E-state index >= 15 is 0 Å². The Balaban J connectivity index is 1.80. The Morgan fingerprint density at radius 3 is 2.48 bits per heavy atom. The van der Waals surface area contributed by atoms with Crippen LogP contribution >= 0.6 is 0 Å². The average Bonchev–Trinajstić information content (AvgIpc) is 2.65. The molecule has 0 saturated carbocycles. The summed E-state index contributed by atoms with van der Waals surface area (Å²) in [5.41, 5.74) is 3.49. The van der Waals surface area contributed by atoms with E-state index in [0.29, 0.717) is 18.5 Å². The molecule has 0 saturated heterocycles. The second-order valence-electron chi connectivity index (χ2n) is 6.21. The van der Waals surface area contributed by atoms with E-state index in [1.165, 1.54) is 13.0 Å². The Morgan fingerprint density at radius 2 is 1.81 bits per heavy atom. The molecule has 2 aromatic carbocycles. The summed E-state index contributed by atoms with van der Waals surface area (Å²) < 4.78 is 5.01. The molecule has 0 bridgehead atoms. The molecule has 0 radical (unpaired) electrons. The molecule has 0 atom stereocenters. The molecule has 2 rings (SSSR count). The second kappa shape index (κ2) is 10.1. The van der Waals surface area contributed by atoms with Crippen LogP contribution in [0, 0.1) is 6.92 Å². The van der Waals surface area contributed by atoms with Gasteiger partial charge in [0.25, 0.3) is 0 Å². The summed E-state index contributed by atoms with van der Waals surface area (Å²) in [4.78, 5) is 34.7. The van der Waals surface area contributed by atoms with Gasteiger partial charge in [0, 0.05) is 25.1 Å². The first-order chi connectivity index (χ1) is 12.9. The van der Waals surface area contributed by atoms with Crippen molar-refractivity contribution in [2.45, 2.75) is 20.3 Å². The van der Waals surface area contributed by atoms with Crippen LogP contribution in [0.1, 0.15) is 34.0 Å². The minimum Gasteiger partial charge on any atom is -0.454 e. The number of amides is 1. The summed E-state index contributed by atoms with van der Waals surface area (Å²) in [6, 6.07) is 14.8. The Bertz CT molecular complexity index is 838. The number of benzene rings is 2. The van der Waals surface area contributed by atoms with Crippen LogP contribution in [0.15, 0.2) is 54.6 Å². The molecule has 5 nitrogen and oxygen atoms in total. The van der Waals surface area contributed by atoms with E-state index < -0.39 is 5.97 Å². The molecule has 27 heavy (non-hydrogen) atoms. The number of hydrogen-bond acceptors (Lipinski definition) is 4. The Kier molecular flexibility index (Phi) is 7.49. The maximum absolute atomic E-state index is 12.1. The lowest BCUT2D eigenvalue weighted by Gasteiger charge is -2.05. The van der Waals surface area contributed by atoms with Crippen LogP contribution in [0.3, 0.4) is 0 Å². The lowest BCUT2D eigenvalue weighted by atomic mass is 10.1. The van der Waals surface area contributed by atoms with Crippen molar-refractivity contribution in [2.75, 3.05) is 13.2 Å². The Morgan fingerprint density at radius 1 is 1.07 bits per heavy atom. The van der Waals surface area contributed by atoms with E-state index in [1.807, 2.05) is 43.3 Å². The number of ketones is 1. The maximum atomic E-state index is 12.1. The minimum atomic E-state index is -0.559. The molecule has 2 aromatic rings. The zero-order valence-corrected chi connectivity index (χ0v) is 15.5. The highest BCUT2D eigenvalue weighted by atomic mass is 16.5. The minimum absolute atomic E-state index is 0.0694. The topological polar surface area (TPSA) is 72.5 Å². The van der Waals surface area contributed by atoms with Gasteiger partial charge < -0.3 is 10.1 Å². The standard InChI is InChI=1S/C22H23NO4/c1-16-4-3-5-19(14-16)8-11-22(26)27-15-21(25)20-9-6-18(7-10-20)12-13-23-17(2)24/h3-11,14H,12-13,15H2,1-2H3,(H,23,24)/b11-8+. The fourth-order valence-electron chi connectivity index (χ4n) is 2.45. The number of ether oxygens (including phenoxy) is 1. The van der Waals surface area contributed by atoms with Gasteiger partial charge in [-0.3, -0.25) is 9.59 Å². The number of carbonyl (C=O) groups excluding carboxylic acids is 3. The Hall–Kier alpha value is -3.21. The molecule has 0 fully saturated rings. The van der Waals surface area contributed by atoms with Gasteiger partial charge in [-0.1, -0.05) is 54.1 Å². The van der Waals surface area contributed by atoms with E-state index in [2.05, 4.69) is 5.32 Å². The van der Waals surface area contributed by atoms with Crippen molar-refractivity contribution in [3.8, 4) is 0 Å². The fraction of sp³-hybridized carbons (Fsp3) is 0.227. The number of Topliss-reactive ketones (excluding diaryl/α,β-unsaturated/α-hetero) is 1. The van der Waals surface area contributed by atoms with Gasteiger partial charge in [0.05, 0.1) is 0 Å². The maximum Gasteiger partial charge on any atom is 0.331 e. The van der Waals surface area contributed by atoms with Crippen LogP contribution in [0.25, 0.3) is 6.08 Å². The van der Waals surface area contributed by atoms with Gasteiger partial charge in [-0.2, -0.15) is 0 Å². The van der Waals surface area contributed by atoms with Gasteiger partial charge in [-0.25, -0.2) is 4.79 Å². The highest BCUT2D eigenvalue weighted by Gasteiger charge is 2.08. The number of esters is 1. The molecule has 140 valence electrons. The quantitative estimate of drug-likeness (QED) is 0.443. The highest BCUT2D eigenvalue weighted by Crippen LogP contribution is 2.08. The molecular formula is C22H23NO4. The molecule has 0 spiro atoms. The third-order valence-electron chi connectivity index (χ3n) is 3.86. The van der Waals surface area contributed by atoms with E-state index in [1.54, 1.807) is 18.2 Å².